The lowest BCUT2D eigenvalue weighted by molar-refractivity contribution is -0.0523. The molecule has 2 aliphatic rings. The molecule has 0 saturated carbocycles. The minimum absolute atomic E-state index is 0.243. The van der Waals surface area contributed by atoms with E-state index in [4.69, 9.17) is 4.74 Å². The molecule has 6 heteroatoms. The standard InChI is InChI=1S/C27H21FN2O3/c1-27(14-33-15-27)25-24(16-2-4-17(5-3-16)26(31)32)22-10-18-12-29-13-19(18)11-23(22)30(25)21-8-6-20(28)7-9-21/h2-11,13H,12,14-15H2,1H3,(H,31,32). The highest BCUT2D eigenvalue weighted by atomic mass is 19.1. The van der Waals surface area contributed by atoms with Crippen LogP contribution in [0.2, 0.25) is 0 Å². The molecule has 0 aliphatic carbocycles. The normalized spacial score (nSPS) is 16.1. The number of hydrogen-bond acceptors (Lipinski definition) is 3. The van der Waals surface area contributed by atoms with Gasteiger partial charge in [-0.1, -0.05) is 12.1 Å². The molecular formula is C27H21FN2O3. The number of fused-ring (bicyclic) bond motifs is 2. The number of hydrogen-bond donors (Lipinski definition) is 1. The van der Waals surface area contributed by atoms with Gasteiger partial charge in [0, 0.05) is 28.5 Å². The molecule has 6 rings (SSSR count). The number of rotatable bonds is 4. The molecule has 5 nitrogen and oxygen atoms in total. The Kier molecular flexibility index (Phi) is 4.29. The van der Waals surface area contributed by atoms with Crippen molar-refractivity contribution in [3.63, 3.8) is 0 Å². The van der Waals surface area contributed by atoms with Gasteiger partial charge < -0.3 is 14.4 Å². The first-order valence-corrected chi connectivity index (χ1v) is 10.8. The Morgan fingerprint density at radius 1 is 1.09 bits per heavy atom. The Morgan fingerprint density at radius 2 is 1.82 bits per heavy atom. The smallest absolute Gasteiger partial charge is 0.335 e. The first-order chi connectivity index (χ1) is 15.9. The lowest BCUT2D eigenvalue weighted by Gasteiger charge is -2.40. The summed E-state index contributed by atoms with van der Waals surface area (Å²) >= 11 is 0. The molecule has 1 saturated heterocycles. The third kappa shape index (κ3) is 3.02. The minimum Gasteiger partial charge on any atom is -0.478 e. The van der Waals surface area contributed by atoms with Crippen molar-refractivity contribution in [1.82, 2.24) is 4.57 Å². The van der Waals surface area contributed by atoms with Crippen molar-refractivity contribution in [1.29, 1.82) is 0 Å². The molecule has 1 aromatic heterocycles. The predicted octanol–water partition coefficient (Wildman–Crippen LogP) is 5.36. The third-order valence-electron chi connectivity index (χ3n) is 6.64. The molecule has 0 atom stereocenters. The second-order valence-electron chi connectivity index (χ2n) is 9.01. The number of aromatic nitrogens is 1. The van der Waals surface area contributed by atoms with Crippen molar-refractivity contribution < 1.29 is 19.0 Å². The maximum absolute atomic E-state index is 13.8. The van der Waals surface area contributed by atoms with Crippen LogP contribution in [-0.4, -0.2) is 35.1 Å². The number of carbonyl (C=O) groups is 1. The summed E-state index contributed by atoms with van der Waals surface area (Å²) in [7, 11) is 0. The zero-order valence-corrected chi connectivity index (χ0v) is 18.0. The van der Waals surface area contributed by atoms with Crippen molar-refractivity contribution in [2.75, 3.05) is 13.2 Å². The van der Waals surface area contributed by atoms with Gasteiger partial charge >= 0.3 is 5.97 Å². The third-order valence-corrected chi connectivity index (χ3v) is 6.64. The highest BCUT2D eigenvalue weighted by molar-refractivity contribution is 6.04. The Balaban J connectivity index is 1.72. The molecule has 164 valence electrons. The highest BCUT2D eigenvalue weighted by Crippen LogP contribution is 2.46. The molecule has 0 unspecified atom stereocenters. The molecule has 2 aliphatic heterocycles. The van der Waals surface area contributed by atoms with E-state index in [0.717, 1.165) is 44.5 Å². The van der Waals surface area contributed by atoms with E-state index in [0.29, 0.717) is 19.8 Å². The summed E-state index contributed by atoms with van der Waals surface area (Å²) in [5.41, 5.74) is 7.18. The molecule has 0 radical (unpaired) electrons. The molecule has 1 fully saturated rings. The van der Waals surface area contributed by atoms with E-state index in [1.165, 1.54) is 12.1 Å². The van der Waals surface area contributed by atoms with E-state index in [1.54, 1.807) is 24.3 Å². The van der Waals surface area contributed by atoms with Crippen LogP contribution in [0.5, 0.6) is 0 Å². The van der Waals surface area contributed by atoms with Crippen LogP contribution >= 0.6 is 0 Å². The van der Waals surface area contributed by atoms with E-state index in [1.807, 2.05) is 18.3 Å². The first kappa shape index (κ1) is 19.9. The number of benzene rings is 3. The van der Waals surface area contributed by atoms with Gasteiger partial charge in [-0.15, -0.1) is 0 Å². The fourth-order valence-corrected chi connectivity index (χ4v) is 4.94. The van der Waals surface area contributed by atoms with E-state index < -0.39 is 5.97 Å². The highest BCUT2D eigenvalue weighted by Gasteiger charge is 2.41. The first-order valence-electron chi connectivity index (χ1n) is 10.8. The summed E-state index contributed by atoms with van der Waals surface area (Å²) in [5, 5.41) is 10.4. The summed E-state index contributed by atoms with van der Waals surface area (Å²) in [5.74, 6) is -1.24. The van der Waals surface area contributed by atoms with Crippen molar-refractivity contribution in [3.8, 4) is 16.8 Å². The molecule has 0 bridgehead atoms. The molecule has 3 heterocycles. The lowest BCUT2D eigenvalue weighted by atomic mass is 9.80. The van der Waals surface area contributed by atoms with Crippen molar-refractivity contribution in [2.24, 2.45) is 4.99 Å². The number of ether oxygens (including phenoxy) is 1. The predicted molar refractivity (Wildman–Crippen MR) is 125 cm³/mol. The monoisotopic (exact) mass is 440 g/mol. The molecule has 33 heavy (non-hydrogen) atoms. The Hall–Kier alpha value is -3.77. The fourth-order valence-electron chi connectivity index (χ4n) is 4.94. The van der Waals surface area contributed by atoms with Gasteiger partial charge in [0.15, 0.2) is 0 Å². The second kappa shape index (κ2) is 7.12. The summed E-state index contributed by atoms with van der Waals surface area (Å²) in [6, 6.07) is 17.9. The zero-order chi connectivity index (χ0) is 22.7. The average Bonchev–Trinajstić information content (AvgIpc) is 3.38. The fraction of sp³-hybridized carbons (Fsp3) is 0.185. The van der Waals surface area contributed by atoms with Crippen LogP contribution in [-0.2, 0) is 16.7 Å². The van der Waals surface area contributed by atoms with Gasteiger partial charge in [-0.2, -0.15) is 0 Å². The number of halogens is 1. The van der Waals surface area contributed by atoms with Crippen molar-refractivity contribution in [2.45, 2.75) is 18.9 Å². The minimum atomic E-state index is -0.954. The Labute approximate surface area is 189 Å². The number of carboxylic acids is 1. The van der Waals surface area contributed by atoms with Crippen molar-refractivity contribution in [3.05, 3.63) is 88.9 Å². The van der Waals surface area contributed by atoms with E-state index in [-0.39, 0.29) is 16.8 Å². The van der Waals surface area contributed by atoms with Gasteiger partial charge in [0.2, 0.25) is 0 Å². The quantitative estimate of drug-likeness (QED) is 0.465. The van der Waals surface area contributed by atoms with Crippen LogP contribution in [0.1, 0.15) is 34.1 Å². The topological polar surface area (TPSA) is 63.8 Å². The summed E-state index contributed by atoms with van der Waals surface area (Å²) in [6.45, 7) is 3.97. The largest absolute Gasteiger partial charge is 0.478 e. The van der Waals surface area contributed by atoms with Crippen molar-refractivity contribution >= 4 is 23.1 Å². The van der Waals surface area contributed by atoms with Crippen LogP contribution in [0.4, 0.5) is 4.39 Å². The maximum Gasteiger partial charge on any atom is 0.335 e. The number of aromatic carboxylic acids is 1. The van der Waals surface area contributed by atoms with Crippen LogP contribution in [0.25, 0.3) is 27.7 Å². The van der Waals surface area contributed by atoms with Crippen LogP contribution in [0, 0.1) is 5.82 Å². The summed E-state index contributed by atoms with van der Waals surface area (Å²) in [4.78, 5) is 15.9. The zero-order valence-electron chi connectivity index (χ0n) is 18.0. The molecule has 3 aromatic carbocycles. The van der Waals surface area contributed by atoms with Gasteiger partial charge in [-0.3, -0.25) is 4.99 Å². The van der Waals surface area contributed by atoms with Gasteiger partial charge in [0.25, 0.3) is 0 Å². The maximum atomic E-state index is 13.8. The second-order valence-corrected chi connectivity index (χ2v) is 9.01. The van der Waals surface area contributed by atoms with Gasteiger partial charge in [-0.05, 0) is 72.1 Å². The Bertz CT molecular complexity index is 1450. The average molecular weight is 440 g/mol. The van der Waals surface area contributed by atoms with Gasteiger partial charge in [0.05, 0.1) is 36.3 Å². The van der Waals surface area contributed by atoms with Crippen LogP contribution in [0.3, 0.4) is 0 Å². The van der Waals surface area contributed by atoms with E-state index >= 15 is 0 Å². The van der Waals surface area contributed by atoms with Gasteiger partial charge in [-0.25, -0.2) is 9.18 Å². The van der Waals surface area contributed by atoms with E-state index in [2.05, 4.69) is 28.6 Å². The molecule has 1 N–H and O–H groups in total. The SMILES string of the molecule is CC1(c2c(-c3ccc(C(=O)O)cc3)c3cc4c(cc3n2-c2ccc(F)cc2)C=NC4)COC1. The van der Waals surface area contributed by atoms with E-state index in [9.17, 15) is 14.3 Å². The number of nitrogens with zero attached hydrogens (tertiary/aromatic N) is 2. The number of carboxylic acid groups (broad SMARTS) is 1. The number of aliphatic imine (C=N–C) groups is 1. The molecule has 0 amide bonds. The summed E-state index contributed by atoms with van der Waals surface area (Å²) in [6.07, 6.45) is 1.89. The molecular weight excluding hydrogens is 419 g/mol. The van der Waals surface area contributed by atoms with Crippen LogP contribution < -0.4 is 0 Å². The van der Waals surface area contributed by atoms with Gasteiger partial charge in [0.1, 0.15) is 5.82 Å². The lowest BCUT2D eigenvalue weighted by Crippen LogP contribution is -2.45. The Morgan fingerprint density at radius 3 is 2.45 bits per heavy atom. The molecule has 0 spiro atoms. The molecule has 4 aromatic rings. The van der Waals surface area contributed by atoms with Crippen LogP contribution in [0.15, 0.2) is 65.7 Å². The summed E-state index contributed by atoms with van der Waals surface area (Å²) < 4.78 is 21.6.